The molecule has 1 heterocycles. The highest BCUT2D eigenvalue weighted by atomic mass is 16.5. The Balaban J connectivity index is 1.99. The van der Waals surface area contributed by atoms with Crippen molar-refractivity contribution in [1.82, 2.24) is 15.0 Å². The Morgan fingerprint density at radius 2 is 2.29 bits per heavy atom. The minimum atomic E-state index is 0.423. The van der Waals surface area contributed by atoms with Crippen LogP contribution in [0.5, 0.6) is 0 Å². The van der Waals surface area contributed by atoms with Gasteiger partial charge in [-0.2, -0.15) is 4.98 Å². The lowest BCUT2D eigenvalue weighted by Crippen LogP contribution is -2.22. The molecule has 14 heavy (non-hydrogen) atoms. The van der Waals surface area contributed by atoms with Crippen LogP contribution < -0.4 is 0 Å². The molecule has 1 fully saturated rings. The highest BCUT2D eigenvalue weighted by molar-refractivity contribution is 5.80. The number of hydrogen-bond donors (Lipinski definition) is 1. The van der Waals surface area contributed by atoms with E-state index in [0.717, 1.165) is 5.82 Å². The highest BCUT2D eigenvalue weighted by Crippen LogP contribution is 2.38. The van der Waals surface area contributed by atoms with Crippen LogP contribution in [-0.4, -0.2) is 35.0 Å². The van der Waals surface area contributed by atoms with Crippen LogP contribution in [0, 0.1) is 5.41 Å². The molecule has 0 saturated heterocycles. The molecule has 0 aromatic carbocycles. The lowest BCUT2D eigenvalue weighted by Gasteiger charge is -2.10. The highest BCUT2D eigenvalue weighted by Gasteiger charge is 2.28. The molecule has 1 saturated carbocycles. The second-order valence-corrected chi connectivity index (χ2v) is 3.84. The Morgan fingerprint density at radius 3 is 2.86 bits per heavy atom. The molecule has 1 aromatic heterocycles. The molecule has 1 aliphatic carbocycles. The first kappa shape index (κ1) is 9.18. The molecule has 0 bridgehead atoms. The van der Waals surface area contributed by atoms with E-state index in [1.165, 1.54) is 12.8 Å². The van der Waals surface area contributed by atoms with E-state index in [2.05, 4.69) is 10.1 Å². The van der Waals surface area contributed by atoms with Gasteiger partial charge in [0.15, 0.2) is 5.82 Å². The van der Waals surface area contributed by atoms with Crippen molar-refractivity contribution in [2.24, 2.45) is 0 Å². The molecule has 1 aromatic rings. The van der Waals surface area contributed by atoms with Gasteiger partial charge in [0.1, 0.15) is 5.84 Å². The average Bonchev–Trinajstić information content (AvgIpc) is 2.88. The third-order valence-corrected chi connectivity index (χ3v) is 2.28. The monoisotopic (exact) mass is 194 g/mol. The normalized spacial score (nSPS) is 15.6. The molecule has 0 atom stereocenters. The topological polar surface area (TPSA) is 66.0 Å². The van der Waals surface area contributed by atoms with Crippen molar-refractivity contribution in [3.05, 3.63) is 11.7 Å². The zero-order valence-electron chi connectivity index (χ0n) is 8.45. The standard InChI is InChI=1S/C9H14N4O/c1-13(2)7(10)5-8-11-9(12-14-8)6-3-4-6/h6,10H,3-5H2,1-2H3. The van der Waals surface area contributed by atoms with Gasteiger partial charge in [0.25, 0.3) is 0 Å². The van der Waals surface area contributed by atoms with Gasteiger partial charge in [-0.3, -0.25) is 5.41 Å². The van der Waals surface area contributed by atoms with E-state index in [9.17, 15) is 0 Å². The second kappa shape index (κ2) is 3.40. The number of nitrogens with zero attached hydrogens (tertiary/aromatic N) is 3. The minimum absolute atomic E-state index is 0.423. The van der Waals surface area contributed by atoms with E-state index >= 15 is 0 Å². The van der Waals surface area contributed by atoms with Gasteiger partial charge >= 0.3 is 0 Å². The van der Waals surface area contributed by atoms with Crippen LogP contribution in [0.25, 0.3) is 0 Å². The fourth-order valence-electron chi connectivity index (χ4n) is 1.15. The summed E-state index contributed by atoms with van der Waals surface area (Å²) in [6.07, 6.45) is 2.76. The van der Waals surface area contributed by atoms with Crippen molar-refractivity contribution < 1.29 is 4.52 Å². The van der Waals surface area contributed by atoms with Crippen LogP contribution in [0.4, 0.5) is 0 Å². The van der Waals surface area contributed by atoms with Gasteiger partial charge < -0.3 is 9.42 Å². The lowest BCUT2D eigenvalue weighted by atomic mass is 10.3. The number of aromatic nitrogens is 2. The summed E-state index contributed by atoms with van der Waals surface area (Å²) in [5.74, 6) is 2.36. The largest absolute Gasteiger partial charge is 0.366 e. The molecular formula is C9H14N4O. The summed E-state index contributed by atoms with van der Waals surface area (Å²) >= 11 is 0. The Kier molecular flexibility index (Phi) is 2.23. The molecule has 0 radical (unpaired) electrons. The van der Waals surface area contributed by atoms with Gasteiger partial charge in [0.05, 0.1) is 6.42 Å². The lowest BCUT2D eigenvalue weighted by molar-refractivity contribution is 0.379. The van der Waals surface area contributed by atoms with E-state index in [0.29, 0.717) is 24.1 Å². The summed E-state index contributed by atoms with van der Waals surface area (Å²) in [6.45, 7) is 0. The van der Waals surface area contributed by atoms with Crippen molar-refractivity contribution in [2.75, 3.05) is 14.1 Å². The summed E-state index contributed by atoms with van der Waals surface area (Å²) in [7, 11) is 3.67. The molecular weight excluding hydrogens is 180 g/mol. The van der Waals surface area contributed by atoms with E-state index < -0.39 is 0 Å². The minimum Gasteiger partial charge on any atom is -0.366 e. The zero-order chi connectivity index (χ0) is 10.1. The van der Waals surface area contributed by atoms with E-state index in [4.69, 9.17) is 9.93 Å². The number of hydrogen-bond acceptors (Lipinski definition) is 4. The molecule has 0 aliphatic heterocycles. The van der Waals surface area contributed by atoms with Crippen molar-refractivity contribution in [2.45, 2.75) is 25.2 Å². The third-order valence-electron chi connectivity index (χ3n) is 2.28. The van der Waals surface area contributed by atoms with Crippen LogP contribution in [0.3, 0.4) is 0 Å². The second-order valence-electron chi connectivity index (χ2n) is 3.84. The first-order chi connectivity index (χ1) is 6.66. The Bertz CT molecular complexity index is 340. The van der Waals surface area contributed by atoms with Crippen molar-refractivity contribution in [3.63, 3.8) is 0 Å². The summed E-state index contributed by atoms with van der Waals surface area (Å²) < 4.78 is 5.06. The van der Waals surface area contributed by atoms with Gasteiger partial charge in [0, 0.05) is 20.0 Å². The number of amidine groups is 1. The summed E-state index contributed by atoms with van der Waals surface area (Å²) in [4.78, 5) is 5.99. The van der Waals surface area contributed by atoms with E-state index in [1.54, 1.807) is 4.90 Å². The van der Waals surface area contributed by atoms with E-state index in [-0.39, 0.29) is 0 Å². The quantitative estimate of drug-likeness (QED) is 0.576. The van der Waals surface area contributed by atoms with Crippen molar-refractivity contribution in [1.29, 1.82) is 5.41 Å². The van der Waals surface area contributed by atoms with Gasteiger partial charge in [-0.15, -0.1) is 0 Å². The van der Waals surface area contributed by atoms with Crippen molar-refractivity contribution in [3.8, 4) is 0 Å². The predicted octanol–water partition coefficient (Wildman–Crippen LogP) is 1.03. The van der Waals surface area contributed by atoms with Crippen LogP contribution in [0.15, 0.2) is 4.52 Å². The maximum Gasteiger partial charge on any atom is 0.234 e. The average molecular weight is 194 g/mol. The molecule has 0 unspecified atom stereocenters. The van der Waals surface area contributed by atoms with Gasteiger partial charge in [-0.25, -0.2) is 0 Å². The Morgan fingerprint density at radius 1 is 1.57 bits per heavy atom. The van der Waals surface area contributed by atoms with Gasteiger partial charge in [-0.1, -0.05) is 5.16 Å². The van der Waals surface area contributed by atoms with Gasteiger partial charge in [0.2, 0.25) is 5.89 Å². The summed E-state index contributed by atoms with van der Waals surface area (Å²) in [5, 5.41) is 11.5. The SMILES string of the molecule is CN(C)C(=N)Cc1nc(C2CC2)no1. The Labute approximate surface area is 82.6 Å². The van der Waals surface area contributed by atoms with Crippen LogP contribution in [-0.2, 0) is 6.42 Å². The zero-order valence-corrected chi connectivity index (χ0v) is 8.45. The molecule has 0 spiro atoms. The summed E-state index contributed by atoms with van der Waals surface area (Å²) in [6, 6.07) is 0. The first-order valence-corrected chi connectivity index (χ1v) is 4.74. The molecule has 2 rings (SSSR count). The summed E-state index contributed by atoms with van der Waals surface area (Å²) in [5.41, 5.74) is 0. The maximum atomic E-state index is 7.61. The molecule has 5 nitrogen and oxygen atoms in total. The Hall–Kier alpha value is -1.39. The van der Waals surface area contributed by atoms with Crippen LogP contribution >= 0.6 is 0 Å². The molecule has 1 aliphatic rings. The fourth-order valence-corrected chi connectivity index (χ4v) is 1.15. The van der Waals surface area contributed by atoms with Gasteiger partial charge in [-0.05, 0) is 12.8 Å². The fraction of sp³-hybridized carbons (Fsp3) is 0.667. The molecule has 1 N–H and O–H groups in total. The van der Waals surface area contributed by atoms with Crippen molar-refractivity contribution >= 4 is 5.84 Å². The first-order valence-electron chi connectivity index (χ1n) is 4.74. The molecule has 5 heteroatoms. The predicted molar refractivity (Wildman–Crippen MR) is 51.4 cm³/mol. The molecule has 0 amide bonds. The molecule has 76 valence electrons. The third kappa shape index (κ3) is 1.92. The number of nitrogens with one attached hydrogen (secondary N) is 1. The smallest absolute Gasteiger partial charge is 0.234 e. The maximum absolute atomic E-state index is 7.61. The van der Waals surface area contributed by atoms with E-state index in [1.807, 2.05) is 14.1 Å². The van der Waals surface area contributed by atoms with Crippen LogP contribution in [0.2, 0.25) is 0 Å². The number of likely N-dealkylation sites (N-methyl/N-ethyl adjacent to an activating group) is 1. The van der Waals surface area contributed by atoms with Crippen LogP contribution in [0.1, 0.15) is 30.5 Å². The number of rotatable bonds is 3.